The van der Waals surface area contributed by atoms with E-state index >= 15 is 0 Å². The zero-order chi connectivity index (χ0) is 15.3. The van der Waals surface area contributed by atoms with Crippen LogP contribution in [0, 0.1) is 5.92 Å². The van der Waals surface area contributed by atoms with Crippen LogP contribution in [0.15, 0.2) is 23.1 Å². The lowest BCUT2D eigenvalue weighted by Crippen LogP contribution is -2.36. The maximum atomic E-state index is 12.3. The van der Waals surface area contributed by atoms with Gasteiger partial charge in [0.15, 0.2) is 0 Å². The van der Waals surface area contributed by atoms with Gasteiger partial charge in [0.2, 0.25) is 10.0 Å². The number of aliphatic hydroxyl groups excluding tert-OH is 1. The van der Waals surface area contributed by atoms with Crippen LogP contribution in [0.25, 0.3) is 0 Å². The van der Waals surface area contributed by atoms with E-state index in [0.717, 1.165) is 18.4 Å². The number of aryl methyl sites for hydroxylation is 1. The molecule has 0 saturated heterocycles. The number of sulfonamides is 1. The highest BCUT2D eigenvalue weighted by atomic mass is 32.2. The predicted molar refractivity (Wildman–Crippen MR) is 81.0 cm³/mol. The average Bonchev–Trinajstić information content (AvgIpc) is 2.44. The lowest BCUT2D eigenvalue weighted by molar-refractivity contribution is 0.280. The molecular formula is C15H25NO3S. The lowest BCUT2D eigenvalue weighted by Gasteiger charge is -2.20. The molecule has 4 nitrogen and oxygen atoms in total. The minimum absolute atomic E-state index is 0.117. The second-order valence-electron chi connectivity index (χ2n) is 5.24. The molecule has 1 aromatic carbocycles. The molecule has 0 amide bonds. The van der Waals surface area contributed by atoms with Crippen molar-refractivity contribution in [3.05, 3.63) is 29.3 Å². The molecule has 0 saturated carbocycles. The van der Waals surface area contributed by atoms with Crippen molar-refractivity contribution >= 4 is 10.0 Å². The van der Waals surface area contributed by atoms with Gasteiger partial charge in [-0.1, -0.05) is 33.3 Å². The Morgan fingerprint density at radius 3 is 2.35 bits per heavy atom. The molecule has 0 heterocycles. The molecule has 1 rings (SSSR count). The average molecular weight is 299 g/mol. The summed E-state index contributed by atoms with van der Waals surface area (Å²) in [6.45, 7) is 7.76. The van der Waals surface area contributed by atoms with Gasteiger partial charge in [-0.05, 0) is 42.5 Å². The monoisotopic (exact) mass is 299 g/mol. The maximum absolute atomic E-state index is 12.3. The molecule has 0 spiro atoms. The first-order chi connectivity index (χ1) is 9.35. The summed E-state index contributed by atoms with van der Waals surface area (Å²) in [5.41, 5.74) is 1.65. The largest absolute Gasteiger partial charge is 0.392 e. The van der Waals surface area contributed by atoms with E-state index < -0.39 is 10.0 Å². The zero-order valence-electron chi connectivity index (χ0n) is 12.7. The lowest BCUT2D eigenvalue weighted by atomic mass is 10.0. The van der Waals surface area contributed by atoms with E-state index in [-0.39, 0.29) is 23.5 Å². The van der Waals surface area contributed by atoms with Crippen molar-refractivity contribution in [2.45, 2.75) is 58.1 Å². The molecule has 1 aromatic rings. The van der Waals surface area contributed by atoms with Gasteiger partial charge < -0.3 is 5.11 Å². The molecular weight excluding hydrogens is 274 g/mol. The summed E-state index contributed by atoms with van der Waals surface area (Å²) in [5.74, 6) is 0.275. The van der Waals surface area contributed by atoms with Gasteiger partial charge >= 0.3 is 0 Å². The molecule has 114 valence electrons. The summed E-state index contributed by atoms with van der Waals surface area (Å²) in [5, 5.41) is 9.33. The molecule has 0 aliphatic heterocycles. The third kappa shape index (κ3) is 4.04. The van der Waals surface area contributed by atoms with E-state index in [4.69, 9.17) is 0 Å². The van der Waals surface area contributed by atoms with Crippen LogP contribution < -0.4 is 4.72 Å². The molecule has 0 aliphatic rings. The third-order valence-corrected chi connectivity index (χ3v) is 5.43. The second kappa shape index (κ2) is 7.20. The van der Waals surface area contributed by atoms with Crippen molar-refractivity contribution < 1.29 is 13.5 Å². The van der Waals surface area contributed by atoms with Gasteiger partial charge in [0, 0.05) is 6.04 Å². The van der Waals surface area contributed by atoms with Crippen LogP contribution in [-0.2, 0) is 23.1 Å². The van der Waals surface area contributed by atoms with E-state index in [1.807, 2.05) is 27.7 Å². The van der Waals surface area contributed by atoms with Gasteiger partial charge in [-0.15, -0.1) is 0 Å². The summed E-state index contributed by atoms with van der Waals surface area (Å²) in [7, 11) is -3.53. The van der Waals surface area contributed by atoms with E-state index in [9.17, 15) is 13.5 Å². The predicted octanol–water partition coefficient (Wildman–Crippen LogP) is 2.45. The Labute approximate surface area is 122 Å². The van der Waals surface area contributed by atoms with Gasteiger partial charge in [0.1, 0.15) is 0 Å². The Balaban J connectivity index is 3.04. The minimum Gasteiger partial charge on any atom is -0.392 e. The molecule has 2 atom stereocenters. The maximum Gasteiger partial charge on any atom is 0.240 e. The minimum atomic E-state index is -3.53. The molecule has 20 heavy (non-hydrogen) atoms. The van der Waals surface area contributed by atoms with Gasteiger partial charge in [-0.25, -0.2) is 13.1 Å². The molecule has 0 aromatic heterocycles. The van der Waals surface area contributed by atoms with E-state index in [0.29, 0.717) is 5.56 Å². The standard InChI is InChI=1S/C15H25NO3S/c1-5-11(3)12(4)16-20(18,19)15-8-7-13(6-2)14(9-15)10-17/h7-9,11-12,16-17H,5-6,10H2,1-4H3. The number of hydrogen-bond acceptors (Lipinski definition) is 3. The third-order valence-electron chi connectivity index (χ3n) is 3.88. The Bertz CT molecular complexity index is 540. The summed E-state index contributed by atoms with van der Waals surface area (Å²) < 4.78 is 27.4. The molecule has 0 radical (unpaired) electrons. The normalized spacial score (nSPS) is 15.1. The van der Waals surface area contributed by atoms with Gasteiger partial charge in [-0.3, -0.25) is 0 Å². The molecule has 0 aliphatic carbocycles. The summed E-state index contributed by atoms with van der Waals surface area (Å²) in [4.78, 5) is 0.217. The molecule has 5 heteroatoms. The highest BCUT2D eigenvalue weighted by Crippen LogP contribution is 2.18. The summed E-state index contributed by atoms with van der Waals surface area (Å²) >= 11 is 0. The second-order valence-corrected chi connectivity index (χ2v) is 6.95. The topological polar surface area (TPSA) is 66.4 Å². The number of benzene rings is 1. The fourth-order valence-electron chi connectivity index (χ4n) is 2.04. The number of aliphatic hydroxyl groups is 1. The Morgan fingerprint density at radius 2 is 1.85 bits per heavy atom. The molecule has 2 unspecified atom stereocenters. The Morgan fingerprint density at radius 1 is 1.20 bits per heavy atom. The molecule has 0 bridgehead atoms. The first kappa shape index (κ1) is 17.1. The van der Waals surface area contributed by atoms with Crippen LogP contribution in [0.1, 0.15) is 45.2 Å². The van der Waals surface area contributed by atoms with E-state index in [2.05, 4.69) is 4.72 Å². The smallest absolute Gasteiger partial charge is 0.240 e. The highest BCUT2D eigenvalue weighted by Gasteiger charge is 2.21. The first-order valence-corrected chi connectivity index (χ1v) is 8.59. The van der Waals surface area contributed by atoms with Gasteiger partial charge in [-0.2, -0.15) is 0 Å². The number of rotatable bonds is 7. The van der Waals surface area contributed by atoms with Gasteiger partial charge in [0.25, 0.3) is 0 Å². The zero-order valence-corrected chi connectivity index (χ0v) is 13.5. The van der Waals surface area contributed by atoms with E-state index in [1.54, 1.807) is 18.2 Å². The van der Waals surface area contributed by atoms with Crippen LogP contribution in [0.5, 0.6) is 0 Å². The fraction of sp³-hybridized carbons (Fsp3) is 0.600. The van der Waals surface area contributed by atoms with Crippen molar-refractivity contribution in [2.24, 2.45) is 5.92 Å². The van der Waals surface area contributed by atoms with Crippen LogP contribution in [-0.4, -0.2) is 19.6 Å². The summed E-state index contributed by atoms with van der Waals surface area (Å²) in [6.07, 6.45) is 1.69. The number of nitrogens with one attached hydrogen (secondary N) is 1. The summed E-state index contributed by atoms with van der Waals surface area (Å²) in [6, 6.07) is 4.82. The van der Waals surface area contributed by atoms with E-state index in [1.165, 1.54) is 0 Å². The van der Waals surface area contributed by atoms with Crippen LogP contribution >= 0.6 is 0 Å². The van der Waals surface area contributed by atoms with Crippen molar-refractivity contribution in [1.29, 1.82) is 0 Å². The quantitative estimate of drug-likeness (QED) is 0.812. The molecule has 0 fully saturated rings. The first-order valence-electron chi connectivity index (χ1n) is 7.10. The van der Waals surface area contributed by atoms with Gasteiger partial charge in [0.05, 0.1) is 11.5 Å². The van der Waals surface area contributed by atoms with Crippen LogP contribution in [0.2, 0.25) is 0 Å². The highest BCUT2D eigenvalue weighted by molar-refractivity contribution is 7.89. The van der Waals surface area contributed by atoms with Crippen molar-refractivity contribution in [3.8, 4) is 0 Å². The van der Waals surface area contributed by atoms with Crippen LogP contribution in [0.3, 0.4) is 0 Å². The van der Waals surface area contributed by atoms with Crippen LogP contribution in [0.4, 0.5) is 0 Å². The number of hydrogen-bond donors (Lipinski definition) is 2. The van der Waals surface area contributed by atoms with Crippen molar-refractivity contribution in [2.75, 3.05) is 0 Å². The Kier molecular flexibility index (Phi) is 6.17. The van der Waals surface area contributed by atoms with Crippen molar-refractivity contribution in [3.63, 3.8) is 0 Å². The fourth-order valence-corrected chi connectivity index (χ4v) is 3.45. The van der Waals surface area contributed by atoms with Crippen molar-refractivity contribution in [1.82, 2.24) is 4.72 Å². The Hall–Kier alpha value is -0.910. The molecule has 2 N–H and O–H groups in total. The SMILES string of the molecule is CCc1ccc(S(=O)(=O)NC(C)C(C)CC)cc1CO.